The lowest BCUT2D eigenvalue weighted by atomic mass is 10.3. The number of carbonyl (C=O) groups is 1. The molecule has 80 valence electrons. The van der Waals surface area contributed by atoms with Crippen LogP contribution < -0.4 is 10.6 Å². The smallest absolute Gasteiger partial charge is 0.238 e. The predicted molar refractivity (Wildman–Crippen MR) is 63.5 cm³/mol. The number of halogens is 2. The predicted octanol–water partition coefficient (Wildman–Crippen LogP) is 1.69. The van der Waals surface area contributed by atoms with Gasteiger partial charge in [-0.05, 0) is 19.2 Å². The van der Waals surface area contributed by atoms with E-state index in [-0.39, 0.29) is 30.7 Å². The highest BCUT2D eigenvalue weighted by Gasteiger charge is 1.97. The van der Waals surface area contributed by atoms with Crippen LogP contribution in [0.2, 0.25) is 0 Å². The second-order valence-electron chi connectivity index (χ2n) is 2.44. The van der Waals surface area contributed by atoms with Crippen molar-refractivity contribution >= 4 is 36.4 Å². The second-order valence-corrected chi connectivity index (χ2v) is 2.44. The summed E-state index contributed by atoms with van der Waals surface area (Å²) < 4.78 is 0. The Morgan fingerprint density at radius 3 is 2.29 bits per heavy atom. The molecule has 0 saturated carbocycles. The molecule has 0 aliphatic rings. The third kappa shape index (κ3) is 5.80. The number of anilines is 1. The van der Waals surface area contributed by atoms with Gasteiger partial charge in [0.2, 0.25) is 5.91 Å². The molecule has 0 radical (unpaired) electrons. The minimum atomic E-state index is -0.0244. The Balaban J connectivity index is 0. The van der Waals surface area contributed by atoms with Crippen LogP contribution in [0.5, 0.6) is 0 Å². The first-order valence-corrected chi connectivity index (χ1v) is 3.82. The van der Waals surface area contributed by atoms with Gasteiger partial charge in [0.15, 0.2) is 0 Å². The summed E-state index contributed by atoms with van der Waals surface area (Å²) in [6.45, 7) is 0.342. The second kappa shape index (κ2) is 8.81. The van der Waals surface area contributed by atoms with Gasteiger partial charge >= 0.3 is 0 Å². The summed E-state index contributed by atoms with van der Waals surface area (Å²) in [7, 11) is 1.74. The maximum atomic E-state index is 11.0. The fourth-order valence-corrected chi connectivity index (χ4v) is 0.887. The summed E-state index contributed by atoms with van der Waals surface area (Å²) in [6.07, 6.45) is 0. The van der Waals surface area contributed by atoms with E-state index in [9.17, 15) is 4.79 Å². The summed E-state index contributed by atoms with van der Waals surface area (Å²) in [5.41, 5.74) is 0.831. The van der Waals surface area contributed by atoms with E-state index in [4.69, 9.17) is 0 Å². The van der Waals surface area contributed by atoms with Gasteiger partial charge in [0.25, 0.3) is 0 Å². The van der Waals surface area contributed by atoms with Gasteiger partial charge < -0.3 is 10.6 Å². The van der Waals surface area contributed by atoms with E-state index in [0.717, 1.165) is 5.69 Å². The lowest BCUT2D eigenvalue weighted by Crippen LogP contribution is -2.24. The van der Waals surface area contributed by atoms with Crippen LogP contribution in [-0.4, -0.2) is 19.5 Å². The molecule has 1 aromatic rings. The zero-order chi connectivity index (χ0) is 8.81. The van der Waals surface area contributed by atoms with E-state index in [1.54, 1.807) is 7.05 Å². The fourth-order valence-electron chi connectivity index (χ4n) is 0.887. The first-order valence-electron chi connectivity index (χ1n) is 3.82. The van der Waals surface area contributed by atoms with Gasteiger partial charge in [-0.25, -0.2) is 0 Å². The minimum absolute atomic E-state index is 0. The normalized spacial score (nSPS) is 8.07. The Labute approximate surface area is 96.1 Å². The van der Waals surface area contributed by atoms with Crippen LogP contribution in [0.4, 0.5) is 5.69 Å². The van der Waals surface area contributed by atoms with Gasteiger partial charge in [0.05, 0.1) is 6.54 Å². The van der Waals surface area contributed by atoms with E-state index >= 15 is 0 Å². The van der Waals surface area contributed by atoms with E-state index in [2.05, 4.69) is 10.6 Å². The van der Waals surface area contributed by atoms with Crippen molar-refractivity contribution in [1.29, 1.82) is 0 Å². The summed E-state index contributed by atoms with van der Waals surface area (Å²) in [5.74, 6) is -0.0244. The lowest BCUT2D eigenvalue weighted by Gasteiger charge is -2.02. The van der Waals surface area contributed by atoms with Gasteiger partial charge in [-0.3, -0.25) is 4.79 Å². The van der Waals surface area contributed by atoms with Gasteiger partial charge in [0, 0.05) is 5.69 Å². The number of para-hydroxylation sites is 1. The van der Waals surface area contributed by atoms with Gasteiger partial charge in [0.1, 0.15) is 0 Å². The number of amides is 1. The Hall–Kier alpha value is -0.770. The number of likely N-dealkylation sites (N-methyl/N-ethyl adjacent to an activating group) is 1. The van der Waals surface area contributed by atoms with E-state index in [1.807, 2.05) is 30.3 Å². The summed E-state index contributed by atoms with van der Waals surface area (Å²) in [4.78, 5) is 11.0. The number of rotatable bonds is 3. The van der Waals surface area contributed by atoms with Crippen molar-refractivity contribution in [3.8, 4) is 0 Å². The van der Waals surface area contributed by atoms with Crippen LogP contribution in [0.25, 0.3) is 0 Å². The van der Waals surface area contributed by atoms with Crippen LogP contribution in [0.3, 0.4) is 0 Å². The zero-order valence-electron chi connectivity index (χ0n) is 7.82. The lowest BCUT2D eigenvalue weighted by molar-refractivity contribution is -0.115. The van der Waals surface area contributed by atoms with E-state index in [0.29, 0.717) is 6.54 Å². The molecule has 0 heterocycles. The monoisotopic (exact) mass is 236 g/mol. The van der Waals surface area contributed by atoms with Crippen LogP contribution in [-0.2, 0) is 4.79 Å². The van der Waals surface area contributed by atoms with Crippen molar-refractivity contribution in [2.45, 2.75) is 0 Å². The largest absolute Gasteiger partial charge is 0.325 e. The molecule has 0 saturated heterocycles. The molecule has 1 amide bonds. The van der Waals surface area contributed by atoms with Crippen molar-refractivity contribution in [3.05, 3.63) is 30.3 Å². The Kier molecular flexibility index (Phi) is 9.88. The zero-order valence-corrected chi connectivity index (χ0v) is 9.45. The molecule has 0 bridgehead atoms. The molecule has 1 rings (SSSR count). The van der Waals surface area contributed by atoms with E-state index < -0.39 is 0 Å². The molecule has 14 heavy (non-hydrogen) atoms. The van der Waals surface area contributed by atoms with Crippen LogP contribution >= 0.6 is 24.8 Å². The third-order valence-electron chi connectivity index (χ3n) is 1.39. The maximum Gasteiger partial charge on any atom is 0.238 e. The summed E-state index contributed by atoms with van der Waals surface area (Å²) in [5, 5.41) is 5.52. The van der Waals surface area contributed by atoms with Crippen LogP contribution in [0.1, 0.15) is 0 Å². The van der Waals surface area contributed by atoms with Crippen molar-refractivity contribution in [2.24, 2.45) is 0 Å². The summed E-state index contributed by atoms with van der Waals surface area (Å²) >= 11 is 0. The third-order valence-corrected chi connectivity index (χ3v) is 1.39. The molecular formula is C9H14Cl2N2O. The quantitative estimate of drug-likeness (QED) is 0.839. The number of hydrogen-bond acceptors (Lipinski definition) is 2. The molecule has 2 N–H and O–H groups in total. The molecule has 3 nitrogen and oxygen atoms in total. The average Bonchev–Trinajstić information content (AvgIpc) is 2.06. The van der Waals surface area contributed by atoms with Crippen LogP contribution in [0.15, 0.2) is 30.3 Å². The maximum absolute atomic E-state index is 11.0. The average molecular weight is 237 g/mol. The molecule has 0 spiro atoms. The first-order chi connectivity index (χ1) is 5.83. The van der Waals surface area contributed by atoms with Gasteiger partial charge in [-0.2, -0.15) is 0 Å². The highest BCUT2D eigenvalue weighted by molar-refractivity contribution is 5.92. The first kappa shape index (κ1) is 15.7. The van der Waals surface area contributed by atoms with Crippen LogP contribution in [0, 0.1) is 0 Å². The standard InChI is InChI=1S/C9H12N2O.2ClH/c1-10-7-9(12)11-8-5-3-2-4-6-8;;/h2-6,10H,7H2,1H3,(H,11,12);2*1H. The fraction of sp³-hybridized carbons (Fsp3) is 0.222. The number of nitrogens with one attached hydrogen (secondary N) is 2. The minimum Gasteiger partial charge on any atom is -0.325 e. The molecule has 0 aliphatic carbocycles. The number of carbonyl (C=O) groups excluding carboxylic acids is 1. The van der Waals surface area contributed by atoms with E-state index in [1.165, 1.54) is 0 Å². The molecule has 5 heteroatoms. The topological polar surface area (TPSA) is 41.1 Å². The molecule has 0 unspecified atom stereocenters. The number of benzene rings is 1. The summed E-state index contributed by atoms with van der Waals surface area (Å²) in [6, 6.07) is 9.39. The van der Waals surface area contributed by atoms with Crippen molar-refractivity contribution in [3.63, 3.8) is 0 Å². The Morgan fingerprint density at radius 2 is 1.79 bits per heavy atom. The Bertz CT molecular complexity index is 254. The van der Waals surface area contributed by atoms with Gasteiger partial charge in [-0.1, -0.05) is 18.2 Å². The molecule has 0 fully saturated rings. The molecule has 0 aliphatic heterocycles. The van der Waals surface area contributed by atoms with Crippen molar-refractivity contribution < 1.29 is 4.79 Å². The van der Waals surface area contributed by atoms with Crippen molar-refractivity contribution in [2.75, 3.05) is 18.9 Å². The Morgan fingerprint density at radius 1 is 1.21 bits per heavy atom. The van der Waals surface area contributed by atoms with Gasteiger partial charge in [-0.15, -0.1) is 24.8 Å². The molecular weight excluding hydrogens is 223 g/mol. The van der Waals surface area contributed by atoms with Crippen molar-refractivity contribution in [1.82, 2.24) is 5.32 Å². The number of hydrogen-bond donors (Lipinski definition) is 2. The SMILES string of the molecule is CNCC(=O)Nc1ccccc1.Cl.Cl. The highest BCUT2D eigenvalue weighted by Crippen LogP contribution is 2.03. The molecule has 0 aromatic heterocycles. The molecule has 0 atom stereocenters. The highest BCUT2D eigenvalue weighted by atomic mass is 35.5. The molecule has 1 aromatic carbocycles.